The monoisotopic (exact) mass is 209 g/mol. The predicted octanol–water partition coefficient (Wildman–Crippen LogP) is 2.67. The molecule has 1 atom stereocenters. The summed E-state index contributed by atoms with van der Waals surface area (Å²) in [4.78, 5) is 12.4. The standard InChI is InChI=1S/C13H23NO/c1-13(9-5-6-10-14-13)12(15)11-7-3-2-4-8-11/h11,14H,2-10H2,1H3. The van der Waals surface area contributed by atoms with Gasteiger partial charge in [-0.2, -0.15) is 0 Å². The summed E-state index contributed by atoms with van der Waals surface area (Å²) >= 11 is 0. The molecule has 1 saturated heterocycles. The highest BCUT2D eigenvalue weighted by Gasteiger charge is 2.38. The van der Waals surface area contributed by atoms with Gasteiger partial charge in [0, 0.05) is 5.92 Å². The number of Topliss-reactive ketones (excluding diaryl/α,β-unsaturated/α-hetero) is 1. The van der Waals surface area contributed by atoms with Crippen LogP contribution in [0.3, 0.4) is 0 Å². The Morgan fingerprint density at radius 1 is 1.13 bits per heavy atom. The summed E-state index contributed by atoms with van der Waals surface area (Å²) < 4.78 is 0. The normalized spacial score (nSPS) is 33.9. The molecule has 0 aromatic heterocycles. The van der Waals surface area contributed by atoms with Gasteiger partial charge in [-0.15, -0.1) is 0 Å². The topological polar surface area (TPSA) is 29.1 Å². The van der Waals surface area contributed by atoms with E-state index in [1.165, 1.54) is 32.1 Å². The van der Waals surface area contributed by atoms with Crippen molar-refractivity contribution >= 4 is 5.78 Å². The molecule has 0 aromatic rings. The minimum Gasteiger partial charge on any atom is -0.305 e. The molecule has 1 aliphatic heterocycles. The molecule has 15 heavy (non-hydrogen) atoms. The Hall–Kier alpha value is -0.370. The van der Waals surface area contributed by atoms with Gasteiger partial charge < -0.3 is 5.32 Å². The van der Waals surface area contributed by atoms with Crippen LogP contribution in [0.2, 0.25) is 0 Å². The highest BCUT2D eigenvalue weighted by Crippen LogP contribution is 2.31. The maximum Gasteiger partial charge on any atom is 0.155 e. The van der Waals surface area contributed by atoms with Gasteiger partial charge in [-0.3, -0.25) is 4.79 Å². The number of piperidine rings is 1. The van der Waals surface area contributed by atoms with Crippen LogP contribution in [0, 0.1) is 5.92 Å². The van der Waals surface area contributed by atoms with Crippen molar-refractivity contribution in [2.45, 2.75) is 63.8 Å². The molecule has 1 heterocycles. The van der Waals surface area contributed by atoms with Crippen LogP contribution in [0.25, 0.3) is 0 Å². The second kappa shape index (κ2) is 4.65. The number of hydrogen-bond donors (Lipinski definition) is 1. The summed E-state index contributed by atoms with van der Waals surface area (Å²) in [5.74, 6) is 0.858. The first-order valence-electron chi connectivity index (χ1n) is 6.52. The van der Waals surface area contributed by atoms with Crippen LogP contribution in [0.1, 0.15) is 58.3 Å². The van der Waals surface area contributed by atoms with Crippen molar-refractivity contribution in [2.75, 3.05) is 6.54 Å². The van der Waals surface area contributed by atoms with Gasteiger partial charge in [0.2, 0.25) is 0 Å². The molecule has 1 unspecified atom stereocenters. The SMILES string of the molecule is CC1(C(=O)C2CCCCC2)CCCCN1. The van der Waals surface area contributed by atoms with Gasteiger partial charge in [-0.25, -0.2) is 0 Å². The zero-order valence-corrected chi connectivity index (χ0v) is 9.85. The summed E-state index contributed by atoms with van der Waals surface area (Å²) in [7, 11) is 0. The Morgan fingerprint density at radius 3 is 2.47 bits per heavy atom. The summed E-state index contributed by atoms with van der Waals surface area (Å²) in [6.07, 6.45) is 9.59. The lowest BCUT2D eigenvalue weighted by Gasteiger charge is -2.37. The number of ketones is 1. The molecular weight excluding hydrogens is 186 g/mol. The first kappa shape index (κ1) is 11.1. The molecule has 0 aromatic carbocycles. The van der Waals surface area contributed by atoms with Crippen molar-refractivity contribution in [3.8, 4) is 0 Å². The average molecular weight is 209 g/mol. The van der Waals surface area contributed by atoms with Crippen molar-refractivity contribution < 1.29 is 4.79 Å². The third-order valence-corrected chi connectivity index (χ3v) is 4.14. The van der Waals surface area contributed by atoms with Gasteiger partial charge in [-0.1, -0.05) is 19.3 Å². The van der Waals surface area contributed by atoms with E-state index in [2.05, 4.69) is 12.2 Å². The van der Waals surface area contributed by atoms with E-state index in [-0.39, 0.29) is 5.54 Å². The molecule has 2 nitrogen and oxygen atoms in total. The van der Waals surface area contributed by atoms with Gasteiger partial charge in [0.05, 0.1) is 5.54 Å². The highest BCUT2D eigenvalue weighted by atomic mass is 16.1. The van der Waals surface area contributed by atoms with E-state index in [1.807, 2.05) is 0 Å². The van der Waals surface area contributed by atoms with Crippen molar-refractivity contribution in [1.82, 2.24) is 5.32 Å². The summed E-state index contributed by atoms with van der Waals surface area (Å²) in [6.45, 7) is 3.14. The minimum atomic E-state index is -0.194. The highest BCUT2D eigenvalue weighted by molar-refractivity contribution is 5.90. The molecule has 2 rings (SSSR count). The van der Waals surface area contributed by atoms with E-state index < -0.39 is 0 Å². The lowest BCUT2D eigenvalue weighted by molar-refractivity contribution is -0.130. The number of hydrogen-bond acceptors (Lipinski definition) is 2. The predicted molar refractivity (Wildman–Crippen MR) is 61.8 cm³/mol. The molecule has 2 aliphatic rings. The number of carbonyl (C=O) groups excluding carboxylic acids is 1. The molecule has 86 valence electrons. The van der Waals surface area contributed by atoms with Crippen LogP contribution in [-0.4, -0.2) is 17.9 Å². The van der Waals surface area contributed by atoms with E-state index >= 15 is 0 Å². The van der Waals surface area contributed by atoms with Crippen molar-refractivity contribution in [1.29, 1.82) is 0 Å². The molecule has 2 heteroatoms. The van der Waals surface area contributed by atoms with Crippen molar-refractivity contribution in [3.05, 3.63) is 0 Å². The van der Waals surface area contributed by atoms with Crippen LogP contribution >= 0.6 is 0 Å². The molecule has 0 amide bonds. The van der Waals surface area contributed by atoms with Crippen LogP contribution in [-0.2, 0) is 4.79 Å². The third-order valence-electron chi connectivity index (χ3n) is 4.14. The molecule has 0 radical (unpaired) electrons. The molecule has 2 fully saturated rings. The average Bonchev–Trinajstić information content (AvgIpc) is 2.30. The van der Waals surface area contributed by atoms with Gasteiger partial charge in [0.15, 0.2) is 5.78 Å². The zero-order chi connectivity index (χ0) is 10.7. The van der Waals surface area contributed by atoms with Gasteiger partial charge in [0.25, 0.3) is 0 Å². The van der Waals surface area contributed by atoms with E-state index in [1.54, 1.807) is 0 Å². The first-order chi connectivity index (χ1) is 7.22. The van der Waals surface area contributed by atoms with E-state index in [9.17, 15) is 4.79 Å². The Kier molecular flexibility index (Phi) is 3.45. The first-order valence-corrected chi connectivity index (χ1v) is 6.52. The van der Waals surface area contributed by atoms with E-state index in [0.29, 0.717) is 11.7 Å². The van der Waals surface area contributed by atoms with Crippen LogP contribution < -0.4 is 5.32 Å². The molecule has 0 spiro atoms. The number of rotatable bonds is 2. The quantitative estimate of drug-likeness (QED) is 0.757. The lowest BCUT2D eigenvalue weighted by atomic mass is 9.76. The lowest BCUT2D eigenvalue weighted by Crippen LogP contribution is -2.54. The molecule has 1 saturated carbocycles. The van der Waals surface area contributed by atoms with Crippen molar-refractivity contribution in [3.63, 3.8) is 0 Å². The number of nitrogens with one attached hydrogen (secondary N) is 1. The minimum absolute atomic E-state index is 0.194. The van der Waals surface area contributed by atoms with Gasteiger partial charge >= 0.3 is 0 Å². The van der Waals surface area contributed by atoms with Crippen LogP contribution in [0.5, 0.6) is 0 Å². The Bertz CT molecular complexity index is 225. The van der Waals surface area contributed by atoms with Crippen LogP contribution in [0.15, 0.2) is 0 Å². The smallest absolute Gasteiger partial charge is 0.155 e. The van der Waals surface area contributed by atoms with Crippen LogP contribution in [0.4, 0.5) is 0 Å². The fourth-order valence-corrected chi connectivity index (χ4v) is 3.08. The Morgan fingerprint density at radius 2 is 1.87 bits per heavy atom. The summed E-state index contributed by atoms with van der Waals surface area (Å²) in [6, 6.07) is 0. The Balaban J connectivity index is 1.98. The Labute approximate surface area is 92.8 Å². The zero-order valence-electron chi connectivity index (χ0n) is 9.85. The largest absolute Gasteiger partial charge is 0.305 e. The maximum absolute atomic E-state index is 12.4. The fourth-order valence-electron chi connectivity index (χ4n) is 3.08. The molecule has 1 N–H and O–H groups in total. The van der Waals surface area contributed by atoms with E-state index in [4.69, 9.17) is 0 Å². The summed E-state index contributed by atoms with van der Waals surface area (Å²) in [5.41, 5.74) is -0.194. The second-order valence-corrected chi connectivity index (χ2v) is 5.42. The molecule has 0 bridgehead atoms. The van der Waals surface area contributed by atoms with Crippen molar-refractivity contribution in [2.24, 2.45) is 5.92 Å². The molecular formula is C13H23NO. The van der Waals surface area contributed by atoms with Gasteiger partial charge in [0.1, 0.15) is 0 Å². The summed E-state index contributed by atoms with van der Waals surface area (Å²) in [5, 5.41) is 3.44. The van der Waals surface area contributed by atoms with E-state index in [0.717, 1.165) is 25.8 Å². The number of carbonyl (C=O) groups is 1. The molecule has 1 aliphatic carbocycles. The van der Waals surface area contributed by atoms with Gasteiger partial charge in [-0.05, 0) is 45.6 Å². The second-order valence-electron chi connectivity index (χ2n) is 5.42. The fraction of sp³-hybridized carbons (Fsp3) is 0.923. The third kappa shape index (κ3) is 2.41. The maximum atomic E-state index is 12.4.